The third-order valence-electron chi connectivity index (χ3n) is 4.14. The van der Waals surface area contributed by atoms with Crippen molar-refractivity contribution in [2.45, 2.75) is 6.42 Å². The number of carbonyl (C=O) groups is 1. The van der Waals surface area contributed by atoms with E-state index in [1.54, 1.807) is 18.2 Å². The fraction of sp³-hybridized carbons (Fsp3) is 0.0500. The van der Waals surface area contributed by atoms with Crippen molar-refractivity contribution in [2.24, 2.45) is 0 Å². The summed E-state index contributed by atoms with van der Waals surface area (Å²) in [6.07, 6.45) is 1.52. The van der Waals surface area contributed by atoms with Crippen molar-refractivity contribution in [1.82, 2.24) is 9.66 Å². The second-order valence-corrected chi connectivity index (χ2v) is 5.79. The molecule has 4 aromatic rings. The molecule has 122 valence electrons. The summed E-state index contributed by atoms with van der Waals surface area (Å²) in [6, 6.07) is 20.8. The summed E-state index contributed by atoms with van der Waals surface area (Å²) in [4.78, 5) is 29.1. The molecule has 5 nitrogen and oxygen atoms in total. The van der Waals surface area contributed by atoms with Gasteiger partial charge >= 0.3 is 0 Å². The second-order valence-electron chi connectivity index (χ2n) is 5.79. The summed E-state index contributed by atoms with van der Waals surface area (Å²) in [6.45, 7) is 0. The predicted molar refractivity (Wildman–Crippen MR) is 98.0 cm³/mol. The third kappa shape index (κ3) is 2.87. The Hall–Kier alpha value is -3.47. The SMILES string of the molecule is O=C(Cc1cccc2ccccc12)Nn1cnc2ccccc2c1=O. The van der Waals surface area contributed by atoms with Gasteiger partial charge in [0, 0.05) is 0 Å². The number of hydrogen-bond acceptors (Lipinski definition) is 3. The van der Waals surface area contributed by atoms with Crippen LogP contribution in [0, 0.1) is 0 Å². The minimum Gasteiger partial charge on any atom is -0.273 e. The summed E-state index contributed by atoms with van der Waals surface area (Å²) >= 11 is 0. The monoisotopic (exact) mass is 329 g/mol. The van der Waals surface area contributed by atoms with E-state index >= 15 is 0 Å². The molecule has 0 aliphatic rings. The van der Waals surface area contributed by atoms with Crippen molar-refractivity contribution in [1.29, 1.82) is 0 Å². The van der Waals surface area contributed by atoms with Gasteiger partial charge in [-0.15, -0.1) is 0 Å². The van der Waals surface area contributed by atoms with Gasteiger partial charge in [0.1, 0.15) is 6.33 Å². The van der Waals surface area contributed by atoms with Crippen LogP contribution in [0.2, 0.25) is 0 Å². The van der Waals surface area contributed by atoms with Crippen LogP contribution in [0.5, 0.6) is 0 Å². The predicted octanol–water partition coefficient (Wildman–Crippen LogP) is 2.86. The first-order chi connectivity index (χ1) is 12.2. The van der Waals surface area contributed by atoms with Gasteiger partial charge in [0.15, 0.2) is 0 Å². The van der Waals surface area contributed by atoms with Crippen molar-refractivity contribution in [3.63, 3.8) is 0 Å². The molecule has 3 aromatic carbocycles. The molecular formula is C20H15N3O2. The largest absolute Gasteiger partial charge is 0.280 e. The second kappa shape index (κ2) is 6.20. The van der Waals surface area contributed by atoms with Crippen LogP contribution < -0.4 is 11.0 Å². The number of para-hydroxylation sites is 1. The number of fused-ring (bicyclic) bond motifs is 2. The van der Waals surface area contributed by atoms with Gasteiger partial charge in [0.05, 0.1) is 17.3 Å². The molecule has 25 heavy (non-hydrogen) atoms. The fourth-order valence-corrected chi connectivity index (χ4v) is 2.94. The van der Waals surface area contributed by atoms with E-state index in [-0.39, 0.29) is 17.9 Å². The Morgan fingerprint density at radius 3 is 2.52 bits per heavy atom. The molecule has 0 saturated heterocycles. The van der Waals surface area contributed by atoms with Crippen molar-refractivity contribution >= 4 is 27.6 Å². The number of rotatable bonds is 3. The molecule has 0 fully saturated rings. The van der Waals surface area contributed by atoms with E-state index in [4.69, 9.17) is 0 Å². The van der Waals surface area contributed by atoms with Crippen LogP contribution in [0.4, 0.5) is 0 Å². The van der Waals surface area contributed by atoms with Crippen molar-refractivity contribution in [3.8, 4) is 0 Å². The van der Waals surface area contributed by atoms with Crippen LogP contribution >= 0.6 is 0 Å². The van der Waals surface area contributed by atoms with Gasteiger partial charge in [-0.2, -0.15) is 0 Å². The molecule has 4 rings (SSSR count). The van der Waals surface area contributed by atoms with Gasteiger partial charge in [0.25, 0.3) is 5.56 Å². The summed E-state index contributed by atoms with van der Waals surface area (Å²) in [5.41, 5.74) is 3.84. The van der Waals surface area contributed by atoms with Crippen LogP contribution in [-0.4, -0.2) is 15.6 Å². The molecule has 0 radical (unpaired) electrons. The van der Waals surface area contributed by atoms with Crippen LogP contribution in [0.3, 0.4) is 0 Å². The molecule has 0 aliphatic heterocycles. The number of carbonyl (C=O) groups excluding carboxylic acids is 1. The Morgan fingerprint density at radius 2 is 1.64 bits per heavy atom. The highest BCUT2D eigenvalue weighted by atomic mass is 16.2. The number of nitrogens with one attached hydrogen (secondary N) is 1. The molecule has 0 aliphatic carbocycles. The summed E-state index contributed by atoms with van der Waals surface area (Å²) in [5.74, 6) is -0.268. The lowest BCUT2D eigenvalue weighted by molar-refractivity contribution is -0.116. The molecule has 1 amide bonds. The zero-order valence-electron chi connectivity index (χ0n) is 13.3. The molecule has 0 unspecified atom stereocenters. The van der Waals surface area contributed by atoms with Crippen LogP contribution in [0.25, 0.3) is 21.7 Å². The lowest BCUT2D eigenvalue weighted by atomic mass is 10.0. The van der Waals surface area contributed by atoms with Crippen LogP contribution in [0.1, 0.15) is 5.56 Å². The molecule has 0 bridgehead atoms. The number of amides is 1. The van der Waals surface area contributed by atoms with Crippen LogP contribution in [0.15, 0.2) is 77.9 Å². The lowest BCUT2D eigenvalue weighted by Gasteiger charge is -2.10. The molecule has 0 saturated carbocycles. The topological polar surface area (TPSA) is 64.0 Å². The van der Waals surface area contributed by atoms with Gasteiger partial charge in [-0.05, 0) is 28.5 Å². The average Bonchev–Trinajstić information content (AvgIpc) is 2.65. The standard InChI is InChI=1S/C20H15N3O2/c24-19(12-15-8-5-7-14-6-1-2-9-16(14)15)22-23-13-21-18-11-4-3-10-17(18)20(23)25/h1-11,13H,12H2,(H,22,24). The maximum Gasteiger partial charge on any atom is 0.280 e. The lowest BCUT2D eigenvalue weighted by Crippen LogP contribution is -2.34. The molecule has 5 heteroatoms. The Kier molecular flexibility index (Phi) is 3.74. The average molecular weight is 329 g/mol. The maximum atomic E-state index is 12.4. The normalized spacial score (nSPS) is 10.9. The first-order valence-electron chi connectivity index (χ1n) is 7.95. The number of benzene rings is 3. The van der Waals surface area contributed by atoms with Gasteiger partial charge in [-0.3, -0.25) is 15.0 Å². The van der Waals surface area contributed by atoms with E-state index in [1.807, 2.05) is 48.5 Å². The van der Waals surface area contributed by atoms with Gasteiger partial charge in [-0.25, -0.2) is 9.66 Å². The van der Waals surface area contributed by atoms with E-state index in [0.29, 0.717) is 10.9 Å². The molecule has 1 N–H and O–H groups in total. The summed E-state index contributed by atoms with van der Waals surface area (Å²) < 4.78 is 1.13. The zero-order chi connectivity index (χ0) is 17.2. The highest BCUT2D eigenvalue weighted by Gasteiger charge is 2.09. The first-order valence-corrected chi connectivity index (χ1v) is 7.95. The van der Waals surface area contributed by atoms with Gasteiger partial charge in [-0.1, -0.05) is 54.6 Å². The molecule has 0 spiro atoms. The van der Waals surface area contributed by atoms with E-state index in [1.165, 1.54) is 6.33 Å². The quantitative estimate of drug-likeness (QED) is 0.628. The van der Waals surface area contributed by atoms with Crippen LogP contribution in [-0.2, 0) is 11.2 Å². The number of hydrogen-bond donors (Lipinski definition) is 1. The maximum absolute atomic E-state index is 12.4. The van der Waals surface area contributed by atoms with E-state index in [0.717, 1.165) is 21.0 Å². The van der Waals surface area contributed by atoms with E-state index in [9.17, 15) is 9.59 Å². The van der Waals surface area contributed by atoms with E-state index in [2.05, 4.69) is 10.4 Å². The van der Waals surface area contributed by atoms with Crippen molar-refractivity contribution in [2.75, 3.05) is 5.43 Å². The van der Waals surface area contributed by atoms with E-state index < -0.39 is 0 Å². The van der Waals surface area contributed by atoms with Crippen molar-refractivity contribution in [3.05, 3.63) is 89.0 Å². The molecule has 1 aromatic heterocycles. The fourth-order valence-electron chi connectivity index (χ4n) is 2.94. The first kappa shape index (κ1) is 15.1. The Bertz CT molecular complexity index is 1140. The highest BCUT2D eigenvalue weighted by molar-refractivity contribution is 5.92. The Morgan fingerprint density at radius 1 is 0.920 bits per heavy atom. The number of nitrogens with zero attached hydrogens (tertiary/aromatic N) is 2. The number of aromatic nitrogens is 2. The minimum absolute atomic E-state index is 0.181. The molecule has 1 heterocycles. The Balaban J connectivity index is 1.62. The minimum atomic E-state index is -0.295. The van der Waals surface area contributed by atoms with Gasteiger partial charge < -0.3 is 0 Å². The van der Waals surface area contributed by atoms with Crippen molar-refractivity contribution < 1.29 is 4.79 Å². The molecular weight excluding hydrogens is 314 g/mol. The molecule has 0 atom stereocenters. The zero-order valence-corrected chi connectivity index (χ0v) is 13.3. The smallest absolute Gasteiger partial charge is 0.273 e. The third-order valence-corrected chi connectivity index (χ3v) is 4.14. The van der Waals surface area contributed by atoms with Gasteiger partial charge in [0.2, 0.25) is 5.91 Å². The summed E-state index contributed by atoms with van der Waals surface area (Å²) in [7, 11) is 0. The highest BCUT2D eigenvalue weighted by Crippen LogP contribution is 2.18. The summed E-state index contributed by atoms with van der Waals surface area (Å²) in [5, 5.41) is 2.58. The Labute approximate surface area is 143 Å².